The van der Waals surface area contributed by atoms with Gasteiger partial charge in [-0.1, -0.05) is 0 Å². The Labute approximate surface area is 108 Å². The number of nitrogens with one attached hydrogen (secondary N) is 3. The second-order valence-electron chi connectivity index (χ2n) is 3.99. The zero-order chi connectivity index (χ0) is 13.2. The van der Waals surface area contributed by atoms with Gasteiger partial charge in [0.05, 0.1) is 17.6 Å². The largest absolute Gasteiger partial charge is 0.482 e. The normalized spacial score (nSPS) is 13.2. The molecular formula is C12H10N4O3. The van der Waals surface area contributed by atoms with Gasteiger partial charge in [-0.2, -0.15) is 5.10 Å². The van der Waals surface area contributed by atoms with Crippen LogP contribution in [-0.2, 0) is 4.79 Å². The van der Waals surface area contributed by atoms with E-state index in [1.165, 1.54) is 6.20 Å². The van der Waals surface area contributed by atoms with Crippen LogP contribution >= 0.6 is 0 Å². The van der Waals surface area contributed by atoms with Gasteiger partial charge in [0.2, 0.25) is 0 Å². The Hall–Kier alpha value is -2.83. The number of H-pyrrole nitrogens is 1. The summed E-state index contributed by atoms with van der Waals surface area (Å²) in [5, 5.41) is 11.7. The van der Waals surface area contributed by atoms with Crippen molar-refractivity contribution in [2.75, 3.05) is 17.2 Å². The van der Waals surface area contributed by atoms with Crippen LogP contribution in [-0.4, -0.2) is 28.6 Å². The van der Waals surface area contributed by atoms with E-state index in [9.17, 15) is 9.59 Å². The Bertz CT molecular complexity index is 636. The van der Waals surface area contributed by atoms with Crippen molar-refractivity contribution >= 4 is 23.2 Å². The topological polar surface area (TPSA) is 96.1 Å². The Morgan fingerprint density at radius 2 is 2.32 bits per heavy atom. The van der Waals surface area contributed by atoms with Gasteiger partial charge < -0.3 is 15.4 Å². The third-order valence-electron chi connectivity index (χ3n) is 2.63. The van der Waals surface area contributed by atoms with Gasteiger partial charge in [-0.25, -0.2) is 0 Å². The highest BCUT2D eigenvalue weighted by Gasteiger charge is 2.17. The molecule has 19 heavy (non-hydrogen) atoms. The van der Waals surface area contributed by atoms with Gasteiger partial charge in [0, 0.05) is 11.8 Å². The molecule has 1 aromatic carbocycles. The average molecular weight is 258 g/mol. The molecule has 2 amide bonds. The first-order valence-electron chi connectivity index (χ1n) is 5.59. The standard InChI is InChI=1S/C12H10N4O3/c17-11-6-19-10-2-1-7(3-9(10)16-11)12(18)15-8-4-13-14-5-8/h1-5H,6H2,(H,13,14)(H,15,18)(H,16,17). The third-order valence-corrected chi connectivity index (χ3v) is 2.63. The number of rotatable bonds is 2. The number of aromatic nitrogens is 2. The molecule has 3 rings (SSSR count). The molecule has 0 saturated carbocycles. The lowest BCUT2D eigenvalue weighted by Gasteiger charge is -2.18. The number of carbonyl (C=O) groups excluding carboxylic acids is 2. The van der Waals surface area contributed by atoms with E-state index in [0.717, 1.165) is 0 Å². The molecule has 2 aromatic rings. The molecule has 0 bridgehead atoms. The van der Waals surface area contributed by atoms with Gasteiger partial charge in [0.15, 0.2) is 6.61 Å². The number of fused-ring (bicyclic) bond motifs is 1. The monoisotopic (exact) mass is 258 g/mol. The fourth-order valence-electron chi connectivity index (χ4n) is 1.75. The van der Waals surface area contributed by atoms with E-state index in [-0.39, 0.29) is 18.4 Å². The second-order valence-corrected chi connectivity index (χ2v) is 3.99. The van der Waals surface area contributed by atoms with Gasteiger partial charge in [0.1, 0.15) is 5.75 Å². The van der Waals surface area contributed by atoms with Crippen molar-refractivity contribution in [3.8, 4) is 5.75 Å². The lowest BCUT2D eigenvalue weighted by atomic mass is 10.1. The molecule has 0 saturated heterocycles. The molecule has 1 aliphatic rings. The number of hydrogen-bond donors (Lipinski definition) is 3. The molecular weight excluding hydrogens is 248 g/mol. The summed E-state index contributed by atoms with van der Waals surface area (Å²) < 4.78 is 5.22. The Balaban J connectivity index is 1.83. The zero-order valence-electron chi connectivity index (χ0n) is 9.77. The first kappa shape index (κ1) is 11.3. The van der Waals surface area contributed by atoms with Crippen molar-refractivity contribution in [1.82, 2.24) is 10.2 Å². The van der Waals surface area contributed by atoms with Crippen LogP contribution in [0.5, 0.6) is 5.75 Å². The van der Waals surface area contributed by atoms with Crippen LogP contribution in [0.3, 0.4) is 0 Å². The molecule has 0 radical (unpaired) electrons. The van der Waals surface area contributed by atoms with E-state index in [0.29, 0.717) is 22.7 Å². The maximum atomic E-state index is 12.0. The van der Waals surface area contributed by atoms with Gasteiger partial charge in [-0.15, -0.1) is 0 Å². The molecule has 2 heterocycles. The summed E-state index contributed by atoms with van der Waals surface area (Å²) >= 11 is 0. The zero-order valence-corrected chi connectivity index (χ0v) is 9.77. The Morgan fingerprint density at radius 3 is 3.11 bits per heavy atom. The van der Waals surface area contributed by atoms with E-state index in [2.05, 4.69) is 20.8 Å². The van der Waals surface area contributed by atoms with Crippen LogP contribution < -0.4 is 15.4 Å². The highest BCUT2D eigenvalue weighted by Crippen LogP contribution is 2.28. The van der Waals surface area contributed by atoms with Gasteiger partial charge in [-0.05, 0) is 18.2 Å². The lowest BCUT2D eigenvalue weighted by molar-refractivity contribution is -0.118. The number of aromatic amines is 1. The molecule has 0 atom stereocenters. The van der Waals surface area contributed by atoms with Crippen LogP contribution in [0.2, 0.25) is 0 Å². The molecule has 96 valence electrons. The minimum atomic E-state index is -0.288. The predicted octanol–water partition coefficient (Wildman–Crippen LogP) is 0.993. The molecule has 7 heteroatoms. The van der Waals surface area contributed by atoms with Crippen molar-refractivity contribution in [1.29, 1.82) is 0 Å². The first-order valence-corrected chi connectivity index (χ1v) is 5.59. The number of anilines is 2. The van der Waals surface area contributed by atoms with Crippen LogP contribution in [0.1, 0.15) is 10.4 Å². The minimum absolute atomic E-state index is 0.00639. The minimum Gasteiger partial charge on any atom is -0.482 e. The van der Waals surface area contributed by atoms with Crippen LogP contribution in [0, 0.1) is 0 Å². The van der Waals surface area contributed by atoms with E-state index >= 15 is 0 Å². The van der Waals surface area contributed by atoms with Crippen molar-refractivity contribution in [3.63, 3.8) is 0 Å². The van der Waals surface area contributed by atoms with Crippen LogP contribution in [0.25, 0.3) is 0 Å². The maximum absolute atomic E-state index is 12.0. The highest BCUT2D eigenvalue weighted by atomic mass is 16.5. The second kappa shape index (κ2) is 4.45. The summed E-state index contributed by atoms with van der Waals surface area (Å²) in [6.07, 6.45) is 3.07. The SMILES string of the molecule is O=C1COc2ccc(C(=O)Nc3cn[nH]c3)cc2N1. The number of ether oxygens (including phenoxy) is 1. The van der Waals surface area contributed by atoms with Crippen molar-refractivity contribution in [3.05, 3.63) is 36.2 Å². The fourth-order valence-corrected chi connectivity index (χ4v) is 1.75. The molecule has 1 aliphatic heterocycles. The van der Waals surface area contributed by atoms with Crippen molar-refractivity contribution in [2.24, 2.45) is 0 Å². The number of carbonyl (C=O) groups is 2. The van der Waals surface area contributed by atoms with Crippen molar-refractivity contribution < 1.29 is 14.3 Å². The molecule has 0 fully saturated rings. The summed E-state index contributed by atoms with van der Waals surface area (Å²) in [6, 6.07) is 4.85. The van der Waals surface area contributed by atoms with Gasteiger partial charge >= 0.3 is 0 Å². The molecule has 0 aliphatic carbocycles. The third kappa shape index (κ3) is 2.25. The molecule has 7 nitrogen and oxygen atoms in total. The predicted molar refractivity (Wildman–Crippen MR) is 67.1 cm³/mol. The number of hydrogen-bond acceptors (Lipinski definition) is 4. The van der Waals surface area contributed by atoms with Crippen LogP contribution in [0.4, 0.5) is 11.4 Å². The quantitative estimate of drug-likeness (QED) is 0.748. The summed E-state index contributed by atoms with van der Waals surface area (Å²) in [5.74, 6) is 0.0309. The van der Waals surface area contributed by atoms with E-state index in [1.54, 1.807) is 24.4 Å². The smallest absolute Gasteiger partial charge is 0.262 e. The Kier molecular flexibility index (Phi) is 2.64. The fraction of sp³-hybridized carbons (Fsp3) is 0.0833. The number of benzene rings is 1. The molecule has 3 N–H and O–H groups in total. The Morgan fingerprint density at radius 1 is 1.42 bits per heavy atom. The summed E-state index contributed by atoms with van der Waals surface area (Å²) in [4.78, 5) is 23.2. The van der Waals surface area contributed by atoms with E-state index in [4.69, 9.17) is 4.74 Å². The van der Waals surface area contributed by atoms with Gasteiger partial charge in [0.25, 0.3) is 11.8 Å². The highest BCUT2D eigenvalue weighted by molar-refractivity contribution is 6.06. The maximum Gasteiger partial charge on any atom is 0.262 e. The summed E-state index contributed by atoms with van der Waals surface area (Å²) in [5.41, 5.74) is 1.49. The molecule has 0 unspecified atom stereocenters. The summed E-state index contributed by atoms with van der Waals surface area (Å²) in [6.45, 7) is -0.00639. The van der Waals surface area contributed by atoms with Crippen LogP contribution in [0.15, 0.2) is 30.6 Å². The van der Waals surface area contributed by atoms with Gasteiger partial charge in [-0.3, -0.25) is 14.7 Å². The number of amides is 2. The molecule has 1 aromatic heterocycles. The van der Waals surface area contributed by atoms with Crippen molar-refractivity contribution in [2.45, 2.75) is 0 Å². The van der Waals surface area contributed by atoms with E-state index < -0.39 is 0 Å². The average Bonchev–Trinajstić information content (AvgIpc) is 2.90. The first-order chi connectivity index (χ1) is 9.22. The summed E-state index contributed by atoms with van der Waals surface area (Å²) in [7, 11) is 0. The van der Waals surface area contributed by atoms with E-state index in [1.807, 2.05) is 0 Å². The number of nitrogens with zero attached hydrogens (tertiary/aromatic N) is 1. The lowest BCUT2D eigenvalue weighted by Crippen LogP contribution is -2.25. The molecule has 0 spiro atoms.